The summed E-state index contributed by atoms with van der Waals surface area (Å²) in [5.41, 5.74) is 1.17. The molecule has 0 atom stereocenters. The Morgan fingerprint density at radius 3 is 1.71 bits per heavy atom. The fourth-order valence-corrected chi connectivity index (χ4v) is 3.04. The van der Waals surface area contributed by atoms with E-state index in [4.69, 9.17) is 67.5 Å². The molecule has 112 valence electrons. The average molecular weight is 386 g/mol. The van der Waals surface area contributed by atoms with E-state index in [-0.39, 0.29) is 20.1 Å². The van der Waals surface area contributed by atoms with Gasteiger partial charge in [-0.05, 0) is 18.2 Å². The average Bonchev–Trinajstić information content (AvgIpc) is 2.49. The van der Waals surface area contributed by atoms with Crippen LogP contribution in [0.25, 0.3) is 11.1 Å². The first-order valence-corrected chi connectivity index (χ1v) is 7.55. The van der Waals surface area contributed by atoms with Gasteiger partial charge in [-0.3, -0.25) is 0 Å². The third kappa shape index (κ3) is 3.01. The Hall–Kier alpha value is -0.510. The molecule has 0 N–H and O–H groups in total. The van der Waals surface area contributed by atoms with Crippen molar-refractivity contribution in [1.82, 2.24) is 0 Å². The van der Waals surface area contributed by atoms with Crippen LogP contribution in [-0.2, 0) is 0 Å². The minimum Gasteiger partial charge on any atom is -0.495 e. The predicted molar refractivity (Wildman–Crippen MR) is 90.0 cm³/mol. The summed E-state index contributed by atoms with van der Waals surface area (Å²) in [5, 5.41) is 1.29. The highest BCUT2D eigenvalue weighted by Gasteiger charge is 2.19. The van der Waals surface area contributed by atoms with Crippen LogP contribution in [0.2, 0.25) is 25.1 Å². The van der Waals surface area contributed by atoms with Crippen molar-refractivity contribution in [3.8, 4) is 22.6 Å². The van der Waals surface area contributed by atoms with Crippen LogP contribution >= 0.6 is 58.0 Å². The van der Waals surface area contributed by atoms with Crippen molar-refractivity contribution in [3.63, 3.8) is 0 Å². The molecule has 0 aromatic heterocycles. The number of rotatable bonds is 3. The molecule has 0 aliphatic carbocycles. The zero-order valence-corrected chi connectivity index (χ0v) is 14.7. The summed E-state index contributed by atoms with van der Waals surface area (Å²) in [7, 11) is 2.99. The van der Waals surface area contributed by atoms with Crippen LogP contribution < -0.4 is 9.47 Å². The third-order valence-corrected chi connectivity index (χ3v) is 5.09. The maximum atomic E-state index is 6.28. The van der Waals surface area contributed by atoms with E-state index in [0.717, 1.165) is 0 Å². The van der Waals surface area contributed by atoms with Crippen LogP contribution in [-0.4, -0.2) is 14.2 Å². The van der Waals surface area contributed by atoms with Crippen molar-refractivity contribution in [2.24, 2.45) is 0 Å². The normalized spacial score (nSPS) is 10.6. The molecule has 0 saturated heterocycles. The van der Waals surface area contributed by atoms with E-state index < -0.39 is 0 Å². The lowest BCUT2D eigenvalue weighted by Gasteiger charge is -2.14. The first-order valence-electron chi connectivity index (χ1n) is 5.66. The molecule has 21 heavy (non-hydrogen) atoms. The third-order valence-electron chi connectivity index (χ3n) is 2.89. The molecule has 0 bridgehead atoms. The Kier molecular flexibility index (Phi) is 5.39. The van der Waals surface area contributed by atoms with Gasteiger partial charge >= 0.3 is 0 Å². The largest absolute Gasteiger partial charge is 0.495 e. The van der Waals surface area contributed by atoms with Gasteiger partial charge in [0.1, 0.15) is 21.5 Å². The smallest absolute Gasteiger partial charge is 0.139 e. The highest BCUT2D eigenvalue weighted by molar-refractivity contribution is 6.50. The second kappa shape index (κ2) is 6.72. The number of methoxy groups -OCH3 is 2. The Balaban J connectivity index is 2.73. The van der Waals surface area contributed by atoms with Gasteiger partial charge in [-0.2, -0.15) is 0 Å². The fourth-order valence-electron chi connectivity index (χ4n) is 1.82. The van der Waals surface area contributed by atoms with Crippen molar-refractivity contribution in [2.75, 3.05) is 14.2 Å². The molecule has 7 heteroatoms. The van der Waals surface area contributed by atoms with E-state index in [2.05, 4.69) is 0 Å². The summed E-state index contributed by atoms with van der Waals surface area (Å²) in [6, 6.07) is 5.08. The first-order chi connectivity index (χ1) is 9.92. The number of ether oxygens (including phenoxy) is 2. The van der Waals surface area contributed by atoms with Crippen molar-refractivity contribution in [3.05, 3.63) is 43.3 Å². The molecular weight excluding hydrogens is 377 g/mol. The summed E-state index contributed by atoms with van der Waals surface area (Å²) in [5.74, 6) is 0.859. The quantitative estimate of drug-likeness (QED) is 0.551. The van der Waals surface area contributed by atoms with Crippen LogP contribution in [0.15, 0.2) is 18.2 Å². The summed E-state index contributed by atoms with van der Waals surface area (Å²) < 4.78 is 10.3. The zero-order valence-electron chi connectivity index (χ0n) is 10.9. The molecule has 0 saturated carbocycles. The fraction of sp³-hybridized carbons (Fsp3) is 0.143. The summed E-state index contributed by atoms with van der Waals surface area (Å²) in [4.78, 5) is 0. The van der Waals surface area contributed by atoms with Crippen molar-refractivity contribution in [1.29, 1.82) is 0 Å². The Bertz CT molecular complexity index is 700. The molecule has 0 aliphatic rings. The van der Waals surface area contributed by atoms with Crippen molar-refractivity contribution in [2.45, 2.75) is 0 Å². The highest BCUT2D eigenvalue weighted by Crippen LogP contribution is 2.47. The molecule has 2 aromatic rings. The van der Waals surface area contributed by atoms with E-state index in [9.17, 15) is 0 Å². The van der Waals surface area contributed by atoms with Crippen LogP contribution in [0.4, 0.5) is 0 Å². The van der Waals surface area contributed by atoms with Gasteiger partial charge in [0.2, 0.25) is 0 Å². The van der Waals surface area contributed by atoms with Crippen molar-refractivity contribution < 1.29 is 9.47 Å². The van der Waals surface area contributed by atoms with Gasteiger partial charge in [-0.25, -0.2) is 0 Å². The van der Waals surface area contributed by atoms with Gasteiger partial charge in [-0.15, -0.1) is 0 Å². The van der Waals surface area contributed by atoms with E-state index in [0.29, 0.717) is 27.6 Å². The number of halogens is 5. The molecule has 2 aromatic carbocycles. The van der Waals surface area contributed by atoms with Gasteiger partial charge in [-0.1, -0.05) is 58.0 Å². The van der Waals surface area contributed by atoms with Crippen LogP contribution in [0.1, 0.15) is 0 Å². The Labute approximate surface area is 147 Å². The molecule has 0 heterocycles. The molecule has 2 nitrogen and oxygen atoms in total. The molecule has 0 unspecified atom stereocenters. The minimum absolute atomic E-state index is 0.190. The van der Waals surface area contributed by atoms with Gasteiger partial charge in [0, 0.05) is 11.1 Å². The molecule has 0 spiro atoms. The number of hydrogen-bond donors (Lipinski definition) is 0. The highest BCUT2D eigenvalue weighted by atomic mass is 35.5. The Morgan fingerprint density at radius 2 is 1.14 bits per heavy atom. The Morgan fingerprint density at radius 1 is 0.619 bits per heavy atom. The minimum atomic E-state index is 0.190. The molecule has 0 amide bonds. The molecule has 0 aliphatic heterocycles. The second-order valence-corrected chi connectivity index (χ2v) is 5.90. The standard InChI is InChI=1S/C14H9Cl5O2/c1-20-8-4-3-6(10(15)12(8)17)7-5-9(21-2)13(18)14(19)11(7)16/h3-5H,1-2H3. The van der Waals surface area contributed by atoms with Crippen molar-refractivity contribution >= 4 is 58.0 Å². The molecule has 0 radical (unpaired) electrons. The SMILES string of the molecule is COc1ccc(-c2cc(OC)c(Cl)c(Cl)c2Cl)c(Cl)c1Cl. The van der Waals surface area contributed by atoms with E-state index >= 15 is 0 Å². The van der Waals surface area contributed by atoms with Gasteiger partial charge in [0.15, 0.2) is 0 Å². The monoisotopic (exact) mass is 384 g/mol. The topological polar surface area (TPSA) is 18.5 Å². The number of benzene rings is 2. The number of hydrogen-bond acceptors (Lipinski definition) is 2. The van der Waals surface area contributed by atoms with Gasteiger partial charge in [0.25, 0.3) is 0 Å². The van der Waals surface area contributed by atoms with Crippen LogP contribution in [0.5, 0.6) is 11.5 Å². The van der Waals surface area contributed by atoms with E-state index in [1.165, 1.54) is 14.2 Å². The predicted octanol–water partition coefficient (Wildman–Crippen LogP) is 6.64. The molecule has 2 rings (SSSR count). The second-order valence-electron chi connectivity index (χ2n) is 4.01. The molecular formula is C14H9Cl5O2. The maximum absolute atomic E-state index is 6.28. The van der Waals surface area contributed by atoms with Crippen LogP contribution in [0.3, 0.4) is 0 Å². The lowest BCUT2D eigenvalue weighted by molar-refractivity contribution is 0.415. The zero-order chi connectivity index (χ0) is 15.7. The first kappa shape index (κ1) is 16.9. The maximum Gasteiger partial charge on any atom is 0.139 e. The summed E-state index contributed by atoms with van der Waals surface area (Å²) in [6.45, 7) is 0. The van der Waals surface area contributed by atoms with Gasteiger partial charge < -0.3 is 9.47 Å². The van der Waals surface area contributed by atoms with Crippen LogP contribution in [0, 0.1) is 0 Å². The lowest BCUT2D eigenvalue weighted by atomic mass is 10.0. The summed E-state index contributed by atoms with van der Waals surface area (Å²) >= 11 is 30.9. The summed E-state index contributed by atoms with van der Waals surface area (Å²) in [6.07, 6.45) is 0. The molecule has 0 fully saturated rings. The van der Waals surface area contributed by atoms with E-state index in [1.54, 1.807) is 18.2 Å². The van der Waals surface area contributed by atoms with Gasteiger partial charge in [0.05, 0.1) is 29.3 Å². The lowest BCUT2D eigenvalue weighted by Crippen LogP contribution is -1.91. The van der Waals surface area contributed by atoms with E-state index in [1.807, 2.05) is 0 Å².